The van der Waals surface area contributed by atoms with E-state index in [-0.39, 0.29) is 0 Å². The largest absolute Gasteiger partial charge is 0.456 e. The van der Waals surface area contributed by atoms with Crippen LogP contribution in [0.25, 0.3) is 71.3 Å². The standard InChI is InChI=1S/C36H19N3O/c37-20-22-9-14-31(26(17-22)21-38)39-32-15-12-24(18-30(32)36-27-6-2-1-5-23(27)11-16-33(36)39)25-10-13-29-28-7-3-4-8-34(28)40-35(29)19-25/h1-19H. The molecule has 6 aromatic carbocycles. The lowest BCUT2D eigenvalue weighted by atomic mass is 9.99. The van der Waals surface area contributed by atoms with Crippen LogP contribution < -0.4 is 0 Å². The molecule has 0 unspecified atom stereocenters. The predicted molar refractivity (Wildman–Crippen MR) is 160 cm³/mol. The van der Waals surface area contributed by atoms with Crippen LogP contribution in [0, 0.1) is 22.7 Å². The molecule has 0 spiro atoms. The summed E-state index contributed by atoms with van der Waals surface area (Å²) in [6.45, 7) is 0. The van der Waals surface area contributed by atoms with E-state index in [0.717, 1.165) is 71.3 Å². The van der Waals surface area contributed by atoms with Crippen LogP contribution >= 0.6 is 0 Å². The van der Waals surface area contributed by atoms with E-state index < -0.39 is 0 Å². The van der Waals surface area contributed by atoms with Crippen molar-refractivity contribution < 1.29 is 4.42 Å². The Labute approximate surface area is 229 Å². The summed E-state index contributed by atoms with van der Waals surface area (Å²) >= 11 is 0. The van der Waals surface area contributed by atoms with Crippen molar-refractivity contribution in [3.63, 3.8) is 0 Å². The van der Waals surface area contributed by atoms with Gasteiger partial charge in [0, 0.05) is 21.5 Å². The molecule has 0 saturated heterocycles. The molecule has 8 aromatic rings. The van der Waals surface area contributed by atoms with Crippen LogP contribution in [0.3, 0.4) is 0 Å². The van der Waals surface area contributed by atoms with Gasteiger partial charge in [-0.25, -0.2) is 0 Å². The Balaban J connectivity index is 1.44. The second kappa shape index (κ2) is 8.33. The zero-order chi connectivity index (χ0) is 26.8. The summed E-state index contributed by atoms with van der Waals surface area (Å²) in [6, 6.07) is 43.4. The minimum Gasteiger partial charge on any atom is -0.456 e. The maximum absolute atomic E-state index is 10.0. The maximum Gasteiger partial charge on any atom is 0.136 e. The molecule has 40 heavy (non-hydrogen) atoms. The molecule has 0 N–H and O–H groups in total. The predicted octanol–water partition coefficient (Wildman–Crippen LogP) is 9.25. The molecule has 0 fully saturated rings. The van der Waals surface area contributed by atoms with E-state index in [2.05, 4.69) is 95.6 Å². The van der Waals surface area contributed by atoms with Crippen molar-refractivity contribution in [1.82, 2.24) is 4.57 Å². The summed E-state index contributed by atoms with van der Waals surface area (Å²) < 4.78 is 8.32. The highest BCUT2D eigenvalue weighted by molar-refractivity contribution is 6.22. The summed E-state index contributed by atoms with van der Waals surface area (Å²) in [7, 11) is 0. The van der Waals surface area contributed by atoms with Crippen LogP contribution in [0.15, 0.2) is 120 Å². The molecule has 2 heterocycles. The van der Waals surface area contributed by atoms with Crippen LogP contribution in [0.1, 0.15) is 11.1 Å². The summed E-state index contributed by atoms with van der Waals surface area (Å²) in [5, 5.41) is 26.2. The van der Waals surface area contributed by atoms with Gasteiger partial charge in [0.1, 0.15) is 17.2 Å². The van der Waals surface area contributed by atoms with Gasteiger partial charge in [-0.1, -0.05) is 60.7 Å². The van der Waals surface area contributed by atoms with Crippen molar-refractivity contribution in [2.75, 3.05) is 0 Å². The highest BCUT2D eigenvalue weighted by atomic mass is 16.3. The van der Waals surface area contributed by atoms with Crippen LogP contribution in [0.4, 0.5) is 0 Å². The lowest BCUT2D eigenvalue weighted by Crippen LogP contribution is -1.98. The third-order valence-electron chi connectivity index (χ3n) is 7.85. The third kappa shape index (κ3) is 3.11. The molecule has 0 amide bonds. The van der Waals surface area contributed by atoms with Gasteiger partial charge < -0.3 is 8.98 Å². The molecule has 0 bridgehead atoms. The number of para-hydroxylation sites is 1. The van der Waals surface area contributed by atoms with E-state index in [9.17, 15) is 10.5 Å². The van der Waals surface area contributed by atoms with Gasteiger partial charge in [-0.05, 0) is 76.5 Å². The van der Waals surface area contributed by atoms with Gasteiger partial charge in [-0.3, -0.25) is 0 Å². The van der Waals surface area contributed by atoms with E-state index in [4.69, 9.17) is 4.42 Å². The van der Waals surface area contributed by atoms with Crippen molar-refractivity contribution in [3.8, 4) is 29.0 Å². The van der Waals surface area contributed by atoms with E-state index in [1.807, 2.05) is 24.3 Å². The number of nitrogens with zero attached hydrogens (tertiary/aromatic N) is 3. The first kappa shape index (κ1) is 22.2. The van der Waals surface area contributed by atoms with Crippen molar-refractivity contribution in [2.24, 2.45) is 0 Å². The summed E-state index contributed by atoms with van der Waals surface area (Å²) in [5.41, 5.74) is 7.61. The molecule has 0 atom stereocenters. The van der Waals surface area contributed by atoms with Crippen molar-refractivity contribution >= 4 is 54.5 Å². The number of benzene rings is 6. The normalized spacial score (nSPS) is 11.4. The number of rotatable bonds is 2. The second-order valence-corrected chi connectivity index (χ2v) is 10.0. The molecule has 184 valence electrons. The Kier molecular flexibility index (Phi) is 4.62. The van der Waals surface area contributed by atoms with Gasteiger partial charge in [-0.2, -0.15) is 10.5 Å². The van der Waals surface area contributed by atoms with E-state index >= 15 is 0 Å². The Morgan fingerprint density at radius 2 is 1.30 bits per heavy atom. The second-order valence-electron chi connectivity index (χ2n) is 10.0. The van der Waals surface area contributed by atoms with E-state index in [0.29, 0.717) is 11.1 Å². The molecule has 0 aliphatic carbocycles. The number of fused-ring (bicyclic) bond motifs is 8. The number of aromatic nitrogens is 1. The highest BCUT2D eigenvalue weighted by Crippen LogP contribution is 2.40. The quantitative estimate of drug-likeness (QED) is 0.233. The lowest BCUT2D eigenvalue weighted by Gasteiger charge is -2.11. The van der Waals surface area contributed by atoms with E-state index in [1.54, 1.807) is 12.1 Å². The summed E-state index contributed by atoms with van der Waals surface area (Å²) in [4.78, 5) is 0. The topological polar surface area (TPSA) is 65.7 Å². The number of furan rings is 1. The first-order valence-corrected chi connectivity index (χ1v) is 13.1. The number of hydrogen-bond donors (Lipinski definition) is 0. The number of hydrogen-bond acceptors (Lipinski definition) is 3. The molecule has 8 rings (SSSR count). The molecular weight excluding hydrogens is 490 g/mol. The fourth-order valence-corrected chi connectivity index (χ4v) is 6.03. The van der Waals surface area contributed by atoms with Gasteiger partial charge in [0.05, 0.1) is 33.9 Å². The van der Waals surface area contributed by atoms with Crippen molar-refractivity contribution in [1.29, 1.82) is 10.5 Å². The summed E-state index contributed by atoms with van der Waals surface area (Å²) in [6.07, 6.45) is 0. The lowest BCUT2D eigenvalue weighted by molar-refractivity contribution is 0.669. The van der Waals surface area contributed by atoms with Crippen molar-refractivity contribution in [3.05, 3.63) is 126 Å². The first-order valence-electron chi connectivity index (χ1n) is 13.1. The molecule has 0 aliphatic heterocycles. The number of nitriles is 2. The fourth-order valence-electron chi connectivity index (χ4n) is 6.03. The average molecular weight is 510 g/mol. The molecule has 0 radical (unpaired) electrons. The third-order valence-corrected chi connectivity index (χ3v) is 7.85. The zero-order valence-electron chi connectivity index (χ0n) is 21.2. The van der Waals surface area contributed by atoms with Gasteiger partial charge in [0.15, 0.2) is 0 Å². The molecule has 4 nitrogen and oxygen atoms in total. The Morgan fingerprint density at radius 3 is 2.17 bits per heavy atom. The van der Waals surface area contributed by atoms with Crippen LogP contribution in [-0.4, -0.2) is 4.57 Å². The molecule has 4 heteroatoms. The van der Waals surface area contributed by atoms with Gasteiger partial charge in [0.25, 0.3) is 0 Å². The van der Waals surface area contributed by atoms with Gasteiger partial charge in [0.2, 0.25) is 0 Å². The fraction of sp³-hybridized carbons (Fsp3) is 0. The van der Waals surface area contributed by atoms with Crippen LogP contribution in [0.5, 0.6) is 0 Å². The van der Waals surface area contributed by atoms with E-state index in [1.165, 1.54) is 0 Å². The zero-order valence-corrected chi connectivity index (χ0v) is 21.2. The SMILES string of the molecule is N#Cc1ccc(-n2c3ccc(-c4ccc5c(c4)oc4ccccc45)cc3c3c4ccccc4ccc32)c(C#N)c1. The Morgan fingerprint density at radius 1 is 0.550 bits per heavy atom. The molecule has 2 aromatic heterocycles. The van der Waals surface area contributed by atoms with Gasteiger partial charge >= 0.3 is 0 Å². The average Bonchev–Trinajstić information content (AvgIpc) is 3.55. The highest BCUT2D eigenvalue weighted by Gasteiger charge is 2.18. The Hall–Kier alpha value is -5.84. The van der Waals surface area contributed by atoms with Gasteiger partial charge in [-0.15, -0.1) is 0 Å². The maximum atomic E-state index is 10.0. The molecule has 0 saturated carbocycles. The first-order chi connectivity index (χ1) is 19.7. The van der Waals surface area contributed by atoms with Crippen LogP contribution in [0.2, 0.25) is 0 Å². The smallest absolute Gasteiger partial charge is 0.136 e. The minimum absolute atomic E-state index is 0.463. The van der Waals surface area contributed by atoms with Crippen molar-refractivity contribution in [2.45, 2.75) is 0 Å². The monoisotopic (exact) mass is 509 g/mol. The molecular formula is C36H19N3O. The van der Waals surface area contributed by atoms with Crippen LogP contribution in [-0.2, 0) is 0 Å². The summed E-state index contributed by atoms with van der Waals surface area (Å²) in [5.74, 6) is 0. The molecule has 0 aliphatic rings. The minimum atomic E-state index is 0.463. The Bertz CT molecular complexity index is 2410.